The van der Waals surface area contributed by atoms with Crippen molar-refractivity contribution in [2.75, 3.05) is 13.1 Å². The van der Waals surface area contributed by atoms with E-state index in [1.54, 1.807) is 0 Å². The van der Waals surface area contributed by atoms with Crippen LogP contribution in [0.5, 0.6) is 0 Å². The van der Waals surface area contributed by atoms with Crippen molar-refractivity contribution in [1.82, 2.24) is 5.32 Å². The number of aliphatic hydroxyl groups excluding tert-OH is 1. The van der Waals surface area contributed by atoms with Gasteiger partial charge in [0.15, 0.2) is 0 Å². The van der Waals surface area contributed by atoms with E-state index in [0.717, 1.165) is 19.5 Å². The van der Waals surface area contributed by atoms with E-state index < -0.39 is 0 Å². The minimum Gasteiger partial charge on any atom is -0.393 e. The Labute approximate surface area is 101 Å². The van der Waals surface area contributed by atoms with Crippen LogP contribution in [0.4, 0.5) is 0 Å². The molecule has 0 aromatic rings. The summed E-state index contributed by atoms with van der Waals surface area (Å²) in [4.78, 5) is 0. The van der Waals surface area contributed by atoms with Crippen molar-refractivity contribution in [3.8, 4) is 0 Å². The largest absolute Gasteiger partial charge is 0.393 e. The van der Waals surface area contributed by atoms with Gasteiger partial charge in [-0.3, -0.25) is 0 Å². The number of rotatable bonds is 5. The molecule has 0 saturated heterocycles. The normalized spacial score (nSPS) is 27.0. The summed E-state index contributed by atoms with van der Waals surface area (Å²) < 4.78 is 0. The standard InChI is InChI=1S/C14H29NO/c1-14(2,3)11-15-10-6-8-12-7-4-5-9-13(12)16/h12-13,15-16H,4-11H2,1-3H3. The maximum absolute atomic E-state index is 9.83. The third kappa shape index (κ3) is 5.86. The quantitative estimate of drug-likeness (QED) is 0.708. The van der Waals surface area contributed by atoms with E-state index in [1.165, 1.54) is 32.1 Å². The number of nitrogens with one attached hydrogen (secondary N) is 1. The van der Waals surface area contributed by atoms with Crippen molar-refractivity contribution in [3.63, 3.8) is 0 Å². The highest BCUT2D eigenvalue weighted by Gasteiger charge is 2.22. The molecule has 2 atom stereocenters. The van der Waals surface area contributed by atoms with Crippen LogP contribution in [0.1, 0.15) is 59.3 Å². The average Bonchev–Trinajstić information content (AvgIpc) is 2.18. The Morgan fingerprint density at radius 2 is 1.88 bits per heavy atom. The zero-order chi connectivity index (χ0) is 12.0. The molecule has 2 nitrogen and oxygen atoms in total. The van der Waals surface area contributed by atoms with Gasteiger partial charge in [0, 0.05) is 0 Å². The Balaban J connectivity index is 2.02. The van der Waals surface area contributed by atoms with Crippen molar-refractivity contribution in [1.29, 1.82) is 0 Å². The minimum atomic E-state index is -0.0173. The van der Waals surface area contributed by atoms with Gasteiger partial charge in [-0.25, -0.2) is 0 Å². The van der Waals surface area contributed by atoms with Crippen LogP contribution in [0, 0.1) is 11.3 Å². The fraction of sp³-hybridized carbons (Fsp3) is 1.00. The predicted octanol–water partition coefficient (Wildman–Crippen LogP) is 2.95. The van der Waals surface area contributed by atoms with Crippen LogP contribution in [0.25, 0.3) is 0 Å². The van der Waals surface area contributed by atoms with Crippen molar-refractivity contribution < 1.29 is 5.11 Å². The van der Waals surface area contributed by atoms with Gasteiger partial charge in [-0.2, -0.15) is 0 Å². The molecule has 2 heteroatoms. The Hall–Kier alpha value is -0.0800. The van der Waals surface area contributed by atoms with Crippen LogP contribution >= 0.6 is 0 Å². The molecule has 16 heavy (non-hydrogen) atoms. The summed E-state index contributed by atoms with van der Waals surface area (Å²) in [5.41, 5.74) is 0.379. The van der Waals surface area contributed by atoms with Crippen molar-refractivity contribution in [2.24, 2.45) is 11.3 Å². The molecule has 0 radical (unpaired) electrons. The third-order valence-electron chi connectivity index (χ3n) is 3.45. The molecular formula is C14H29NO. The molecule has 2 unspecified atom stereocenters. The first kappa shape index (κ1) is 14.0. The summed E-state index contributed by atoms with van der Waals surface area (Å²) in [5, 5.41) is 13.3. The zero-order valence-corrected chi connectivity index (χ0v) is 11.3. The van der Waals surface area contributed by atoms with E-state index in [0.29, 0.717) is 11.3 Å². The molecular weight excluding hydrogens is 198 g/mol. The number of aliphatic hydroxyl groups is 1. The summed E-state index contributed by atoms with van der Waals surface area (Å²) >= 11 is 0. The lowest BCUT2D eigenvalue weighted by atomic mass is 9.83. The maximum atomic E-state index is 9.83. The Morgan fingerprint density at radius 3 is 2.50 bits per heavy atom. The van der Waals surface area contributed by atoms with Crippen molar-refractivity contribution in [2.45, 2.75) is 65.4 Å². The van der Waals surface area contributed by atoms with Gasteiger partial charge in [0.2, 0.25) is 0 Å². The highest BCUT2D eigenvalue weighted by Crippen LogP contribution is 2.27. The van der Waals surface area contributed by atoms with Gasteiger partial charge < -0.3 is 10.4 Å². The van der Waals surface area contributed by atoms with Crippen molar-refractivity contribution >= 4 is 0 Å². The molecule has 0 heterocycles. The lowest BCUT2D eigenvalue weighted by Gasteiger charge is -2.27. The van der Waals surface area contributed by atoms with Gasteiger partial charge in [0.25, 0.3) is 0 Å². The summed E-state index contributed by atoms with van der Waals surface area (Å²) in [6.45, 7) is 8.95. The summed E-state index contributed by atoms with van der Waals surface area (Å²) in [6, 6.07) is 0. The first-order valence-corrected chi connectivity index (χ1v) is 6.88. The molecule has 0 aliphatic heterocycles. The van der Waals surface area contributed by atoms with Crippen LogP contribution in [-0.4, -0.2) is 24.3 Å². The van der Waals surface area contributed by atoms with E-state index in [9.17, 15) is 5.11 Å². The van der Waals surface area contributed by atoms with Gasteiger partial charge in [-0.15, -0.1) is 0 Å². The topological polar surface area (TPSA) is 32.3 Å². The zero-order valence-electron chi connectivity index (χ0n) is 11.3. The lowest BCUT2D eigenvalue weighted by Crippen LogP contribution is -2.29. The van der Waals surface area contributed by atoms with Gasteiger partial charge in [0.1, 0.15) is 0 Å². The first-order chi connectivity index (χ1) is 7.49. The number of hydrogen-bond donors (Lipinski definition) is 2. The molecule has 0 amide bonds. The Bertz CT molecular complexity index is 186. The Morgan fingerprint density at radius 1 is 1.19 bits per heavy atom. The van der Waals surface area contributed by atoms with Crippen LogP contribution in [-0.2, 0) is 0 Å². The fourth-order valence-corrected chi connectivity index (χ4v) is 2.48. The van der Waals surface area contributed by atoms with Gasteiger partial charge >= 0.3 is 0 Å². The molecule has 96 valence electrons. The molecule has 0 aromatic heterocycles. The summed E-state index contributed by atoms with van der Waals surface area (Å²) in [7, 11) is 0. The van der Waals surface area contributed by atoms with Gasteiger partial charge in [-0.05, 0) is 50.1 Å². The van der Waals surface area contributed by atoms with E-state index >= 15 is 0 Å². The van der Waals surface area contributed by atoms with E-state index in [1.807, 2.05) is 0 Å². The highest BCUT2D eigenvalue weighted by molar-refractivity contribution is 4.74. The molecule has 1 saturated carbocycles. The van der Waals surface area contributed by atoms with E-state index in [4.69, 9.17) is 0 Å². The smallest absolute Gasteiger partial charge is 0.0568 e. The van der Waals surface area contributed by atoms with E-state index in [2.05, 4.69) is 26.1 Å². The van der Waals surface area contributed by atoms with E-state index in [-0.39, 0.29) is 6.10 Å². The second-order valence-corrected chi connectivity index (χ2v) is 6.49. The van der Waals surface area contributed by atoms with Gasteiger partial charge in [0.05, 0.1) is 6.10 Å². The molecule has 1 aliphatic rings. The number of hydrogen-bond acceptors (Lipinski definition) is 2. The molecule has 0 aromatic carbocycles. The SMILES string of the molecule is CC(C)(C)CNCCCC1CCCCC1O. The first-order valence-electron chi connectivity index (χ1n) is 6.88. The van der Waals surface area contributed by atoms with Crippen LogP contribution in [0.15, 0.2) is 0 Å². The van der Waals surface area contributed by atoms with Crippen LogP contribution < -0.4 is 5.32 Å². The molecule has 1 aliphatic carbocycles. The van der Waals surface area contributed by atoms with Crippen molar-refractivity contribution in [3.05, 3.63) is 0 Å². The molecule has 1 rings (SSSR count). The average molecular weight is 227 g/mol. The third-order valence-corrected chi connectivity index (χ3v) is 3.45. The highest BCUT2D eigenvalue weighted by atomic mass is 16.3. The van der Waals surface area contributed by atoms with Crippen LogP contribution in [0.3, 0.4) is 0 Å². The second-order valence-electron chi connectivity index (χ2n) is 6.49. The summed E-state index contributed by atoms with van der Waals surface area (Å²) in [6.07, 6.45) is 7.18. The molecule has 0 bridgehead atoms. The molecule has 1 fully saturated rings. The second kappa shape index (κ2) is 6.61. The summed E-state index contributed by atoms with van der Waals surface area (Å²) in [5.74, 6) is 0.574. The monoisotopic (exact) mass is 227 g/mol. The fourth-order valence-electron chi connectivity index (χ4n) is 2.48. The molecule has 0 spiro atoms. The maximum Gasteiger partial charge on any atom is 0.0568 e. The Kier molecular flexibility index (Phi) is 5.77. The predicted molar refractivity (Wildman–Crippen MR) is 69.5 cm³/mol. The van der Waals surface area contributed by atoms with Gasteiger partial charge in [-0.1, -0.05) is 33.6 Å². The van der Waals surface area contributed by atoms with Crippen LogP contribution in [0.2, 0.25) is 0 Å². The molecule has 2 N–H and O–H groups in total. The lowest BCUT2D eigenvalue weighted by molar-refractivity contribution is 0.0642. The minimum absolute atomic E-state index is 0.0173.